The van der Waals surface area contributed by atoms with Crippen molar-refractivity contribution in [2.24, 2.45) is 5.73 Å². The molecule has 0 aromatic carbocycles. The number of esters is 1. The van der Waals surface area contributed by atoms with Gasteiger partial charge >= 0.3 is 12.3 Å². The van der Waals surface area contributed by atoms with Gasteiger partial charge < -0.3 is 15.2 Å². The summed E-state index contributed by atoms with van der Waals surface area (Å²) < 4.78 is 45.1. The quantitative estimate of drug-likeness (QED) is 0.644. The number of alkyl halides is 3. The van der Waals surface area contributed by atoms with Crippen molar-refractivity contribution < 1.29 is 27.4 Å². The van der Waals surface area contributed by atoms with Gasteiger partial charge in [-0.2, -0.15) is 0 Å². The van der Waals surface area contributed by atoms with E-state index in [0.717, 1.165) is 13.3 Å². The molecule has 0 saturated heterocycles. The number of pyridine rings is 1. The molecule has 0 aliphatic carbocycles. The molecule has 1 heterocycles. The standard InChI is InChI=1S/C9H8F3IN2O3/c1-17-8(16)6-4(2-14)7(5(13)3-15-6)18-9(10,11)12/h3H,2,14H2,1H3. The monoisotopic (exact) mass is 376 g/mol. The Hall–Kier alpha value is -1.10. The number of nitrogens with zero attached hydrogens (tertiary/aromatic N) is 1. The van der Waals surface area contributed by atoms with Crippen molar-refractivity contribution in [3.63, 3.8) is 0 Å². The summed E-state index contributed by atoms with van der Waals surface area (Å²) in [6, 6.07) is 0. The van der Waals surface area contributed by atoms with Crippen LogP contribution in [-0.2, 0) is 11.3 Å². The molecule has 18 heavy (non-hydrogen) atoms. The summed E-state index contributed by atoms with van der Waals surface area (Å²) in [5.74, 6) is -1.40. The molecule has 0 atom stereocenters. The van der Waals surface area contributed by atoms with Crippen LogP contribution in [0.25, 0.3) is 0 Å². The third-order valence-electron chi connectivity index (χ3n) is 1.88. The van der Waals surface area contributed by atoms with E-state index in [1.165, 1.54) is 0 Å². The van der Waals surface area contributed by atoms with Crippen LogP contribution < -0.4 is 10.5 Å². The Kier molecular flexibility index (Phi) is 4.73. The normalized spacial score (nSPS) is 11.2. The van der Waals surface area contributed by atoms with Gasteiger partial charge in [-0.15, -0.1) is 13.2 Å². The summed E-state index contributed by atoms with van der Waals surface area (Å²) in [6.07, 6.45) is -3.80. The van der Waals surface area contributed by atoms with Gasteiger partial charge in [-0.1, -0.05) is 0 Å². The Bertz CT molecular complexity index is 465. The molecule has 0 bridgehead atoms. The summed E-state index contributed by atoms with van der Waals surface area (Å²) in [6.45, 7) is -0.334. The second-order valence-corrected chi connectivity index (χ2v) is 4.17. The van der Waals surface area contributed by atoms with Crippen molar-refractivity contribution in [1.29, 1.82) is 0 Å². The highest BCUT2D eigenvalue weighted by atomic mass is 127. The molecule has 9 heteroatoms. The molecule has 0 fully saturated rings. The highest BCUT2D eigenvalue weighted by Gasteiger charge is 2.34. The van der Waals surface area contributed by atoms with Crippen LogP contribution in [0.15, 0.2) is 6.20 Å². The molecule has 0 unspecified atom stereocenters. The van der Waals surface area contributed by atoms with Crippen LogP contribution in [0.4, 0.5) is 13.2 Å². The van der Waals surface area contributed by atoms with Crippen LogP contribution in [0.1, 0.15) is 16.1 Å². The first-order valence-corrected chi connectivity index (χ1v) is 5.59. The lowest BCUT2D eigenvalue weighted by molar-refractivity contribution is -0.275. The maximum absolute atomic E-state index is 12.2. The molecule has 0 amide bonds. The maximum Gasteiger partial charge on any atom is 0.573 e. The molecule has 0 aliphatic rings. The number of nitrogens with two attached hydrogens (primary N) is 1. The average Bonchev–Trinajstić information content (AvgIpc) is 2.29. The maximum atomic E-state index is 12.2. The minimum atomic E-state index is -4.88. The molecule has 2 N–H and O–H groups in total. The summed E-state index contributed by atoms with van der Waals surface area (Å²) in [5.41, 5.74) is 4.89. The second-order valence-electron chi connectivity index (χ2n) is 3.01. The van der Waals surface area contributed by atoms with Crippen molar-refractivity contribution in [1.82, 2.24) is 4.98 Å². The Balaban J connectivity index is 3.35. The largest absolute Gasteiger partial charge is 0.573 e. The predicted molar refractivity (Wildman–Crippen MR) is 62.9 cm³/mol. The number of ether oxygens (including phenoxy) is 2. The molecular formula is C9H8F3IN2O3. The van der Waals surface area contributed by atoms with E-state index in [0.29, 0.717) is 0 Å². The van der Waals surface area contributed by atoms with Gasteiger partial charge in [-0.25, -0.2) is 9.78 Å². The van der Waals surface area contributed by atoms with Crippen LogP contribution in [0.3, 0.4) is 0 Å². The number of aromatic nitrogens is 1. The van der Waals surface area contributed by atoms with Crippen molar-refractivity contribution in [2.75, 3.05) is 7.11 Å². The van der Waals surface area contributed by atoms with Crippen LogP contribution in [0, 0.1) is 3.57 Å². The zero-order valence-corrected chi connectivity index (χ0v) is 11.2. The third kappa shape index (κ3) is 3.45. The summed E-state index contributed by atoms with van der Waals surface area (Å²) in [4.78, 5) is 15.0. The first-order valence-electron chi connectivity index (χ1n) is 4.51. The average molecular weight is 376 g/mol. The van der Waals surface area contributed by atoms with Crippen LogP contribution in [0.2, 0.25) is 0 Å². The van der Waals surface area contributed by atoms with E-state index in [9.17, 15) is 18.0 Å². The van der Waals surface area contributed by atoms with E-state index in [2.05, 4.69) is 14.5 Å². The molecular weight excluding hydrogens is 368 g/mol. The molecule has 0 saturated carbocycles. The van der Waals surface area contributed by atoms with Crippen LogP contribution in [0.5, 0.6) is 5.75 Å². The SMILES string of the molecule is COC(=O)c1ncc(I)c(OC(F)(F)F)c1CN. The number of hydrogen-bond donors (Lipinski definition) is 1. The Labute approximate surface area is 114 Å². The van der Waals surface area contributed by atoms with E-state index in [1.54, 1.807) is 22.6 Å². The van der Waals surface area contributed by atoms with Gasteiger partial charge in [0.05, 0.1) is 10.7 Å². The topological polar surface area (TPSA) is 74.4 Å². The first-order chi connectivity index (χ1) is 8.30. The number of carbonyl (C=O) groups excluding carboxylic acids is 1. The fourth-order valence-electron chi connectivity index (χ4n) is 1.20. The number of rotatable bonds is 3. The number of methoxy groups -OCH3 is 1. The van der Waals surface area contributed by atoms with Crippen molar-refractivity contribution >= 4 is 28.6 Å². The Morgan fingerprint density at radius 2 is 2.17 bits per heavy atom. The lowest BCUT2D eigenvalue weighted by atomic mass is 10.1. The van der Waals surface area contributed by atoms with E-state index in [4.69, 9.17) is 5.73 Å². The lowest BCUT2D eigenvalue weighted by Gasteiger charge is -2.15. The lowest BCUT2D eigenvalue weighted by Crippen LogP contribution is -2.22. The Morgan fingerprint density at radius 3 is 2.61 bits per heavy atom. The number of hydrogen-bond acceptors (Lipinski definition) is 5. The van der Waals surface area contributed by atoms with E-state index in [-0.39, 0.29) is 21.4 Å². The zero-order chi connectivity index (χ0) is 13.9. The fraction of sp³-hybridized carbons (Fsp3) is 0.333. The van der Waals surface area contributed by atoms with Crippen LogP contribution >= 0.6 is 22.6 Å². The highest BCUT2D eigenvalue weighted by molar-refractivity contribution is 14.1. The van der Waals surface area contributed by atoms with Crippen molar-refractivity contribution in [2.45, 2.75) is 12.9 Å². The predicted octanol–water partition coefficient (Wildman–Crippen LogP) is 1.83. The molecule has 5 nitrogen and oxygen atoms in total. The minimum absolute atomic E-state index is 0.0954. The number of halogens is 4. The summed E-state index contributed by atoms with van der Waals surface area (Å²) in [7, 11) is 1.09. The first kappa shape index (κ1) is 15.0. The van der Waals surface area contributed by atoms with Crippen molar-refractivity contribution in [3.05, 3.63) is 21.0 Å². The van der Waals surface area contributed by atoms with Gasteiger partial charge in [0.25, 0.3) is 0 Å². The van der Waals surface area contributed by atoms with Gasteiger partial charge in [0, 0.05) is 18.3 Å². The highest BCUT2D eigenvalue weighted by Crippen LogP contribution is 2.32. The van der Waals surface area contributed by atoms with Crippen molar-refractivity contribution in [3.8, 4) is 5.75 Å². The minimum Gasteiger partial charge on any atom is -0.464 e. The molecule has 0 radical (unpaired) electrons. The van der Waals surface area contributed by atoms with E-state index >= 15 is 0 Å². The van der Waals surface area contributed by atoms with Gasteiger partial charge in [0.15, 0.2) is 11.4 Å². The van der Waals surface area contributed by atoms with Gasteiger partial charge in [0.1, 0.15) is 0 Å². The molecule has 1 rings (SSSR count). The molecule has 1 aromatic heterocycles. The zero-order valence-electron chi connectivity index (χ0n) is 9.05. The van der Waals surface area contributed by atoms with Gasteiger partial charge in [-0.05, 0) is 22.6 Å². The van der Waals surface area contributed by atoms with Gasteiger partial charge in [-0.3, -0.25) is 0 Å². The smallest absolute Gasteiger partial charge is 0.464 e. The van der Waals surface area contributed by atoms with E-state index in [1.807, 2.05) is 0 Å². The van der Waals surface area contributed by atoms with E-state index < -0.39 is 18.1 Å². The summed E-state index contributed by atoms with van der Waals surface area (Å²) >= 11 is 1.61. The number of carbonyl (C=O) groups is 1. The summed E-state index contributed by atoms with van der Waals surface area (Å²) in [5, 5.41) is 0. The van der Waals surface area contributed by atoms with Gasteiger partial charge in [0.2, 0.25) is 0 Å². The Morgan fingerprint density at radius 1 is 1.56 bits per heavy atom. The fourth-order valence-corrected chi connectivity index (χ4v) is 1.77. The molecule has 0 aliphatic heterocycles. The van der Waals surface area contributed by atoms with Crippen LogP contribution in [-0.4, -0.2) is 24.4 Å². The molecule has 100 valence electrons. The molecule has 1 aromatic rings. The second kappa shape index (κ2) is 5.69. The molecule has 0 spiro atoms. The third-order valence-corrected chi connectivity index (χ3v) is 2.65.